The van der Waals surface area contributed by atoms with E-state index in [0.717, 1.165) is 25.0 Å². The van der Waals surface area contributed by atoms with E-state index in [1.807, 2.05) is 0 Å². The fourth-order valence-corrected chi connectivity index (χ4v) is 5.89. The lowest BCUT2D eigenvalue weighted by atomic mass is 10.0. The Bertz CT molecular complexity index is 1520. The number of ketones is 1. The number of Topliss-reactive ketones (excluding diaryl/α,β-unsaturated/α-hetero) is 1. The second-order valence-corrected chi connectivity index (χ2v) is 10.7. The zero-order valence-corrected chi connectivity index (χ0v) is 20.3. The minimum atomic E-state index is -4.45. The van der Waals surface area contributed by atoms with Gasteiger partial charge in [0.25, 0.3) is 0 Å². The van der Waals surface area contributed by atoms with E-state index in [4.69, 9.17) is 4.42 Å². The predicted molar refractivity (Wildman–Crippen MR) is 129 cm³/mol. The second-order valence-electron chi connectivity index (χ2n) is 8.72. The molecular formula is C26H22F3N3O4S. The van der Waals surface area contributed by atoms with Crippen molar-refractivity contribution in [2.45, 2.75) is 30.5 Å². The van der Waals surface area contributed by atoms with Crippen molar-refractivity contribution >= 4 is 15.8 Å². The summed E-state index contributed by atoms with van der Waals surface area (Å²) >= 11 is 0. The minimum Gasteiger partial charge on any atom is -0.443 e. The largest absolute Gasteiger partial charge is 0.443 e. The Morgan fingerprint density at radius 1 is 1.00 bits per heavy atom. The highest BCUT2D eigenvalue weighted by atomic mass is 32.2. The third kappa shape index (κ3) is 5.09. The van der Waals surface area contributed by atoms with E-state index in [2.05, 4.69) is 4.98 Å². The van der Waals surface area contributed by atoms with Crippen LogP contribution in [0.4, 0.5) is 13.2 Å². The molecular weight excluding hydrogens is 507 g/mol. The summed E-state index contributed by atoms with van der Waals surface area (Å²) in [7, 11) is -3.73. The number of hydrogen-bond acceptors (Lipinski definition) is 5. The van der Waals surface area contributed by atoms with Gasteiger partial charge >= 0.3 is 6.18 Å². The van der Waals surface area contributed by atoms with Gasteiger partial charge in [0.05, 0.1) is 18.3 Å². The van der Waals surface area contributed by atoms with Crippen LogP contribution < -0.4 is 0 Å². The summed E-state index contributed by atoms with van der Waals surface area (Å²) in [6, 6.07) is 12.6. The Kier molecular flexibility index (Phi) is 6.50. The highest BCUT2D eigenvalue weighted by Crippen LogP contribution is 2.32. The molecule has 1 aliphatic heterocycles. The van der Waals surface area contributed by atoms with Crippen LogP contribution in [-0.4, -0.2) is 41.1 Å². The monoisotopic (exact) mass is 529 g/mol. The van der Waals surface area contributed by atoms with Crippen molar-refractivity contribution in [2.75, 3.05) is 13.1 Å². The molecule has 0 N–H and O–H groups in total. The van der Waals surface area contributed by atoms with Crippen molar-refractivity contribution in [3.8, 4) is 22.7 Å². The molecule has 1 aliphatic rings. The van der Waals surface area contributed by atoms with Crippen molar-refractivity contribution in [2.24, 2.45) is 0 Å². The van der Waals surface area contributed by atoms with Crippen LogP contribution in [0, 0.1) is 0 Å². The number of sulfonamides is 1. The summed E-state index contributed by atoms with van der Waals surface area (Å²) in [5.74, 6) is -0.139. The molecule has 1 saturated heterocycles. The van der Waals surface area contributed by atoms with Gasteiger partial charge in [0.15, 0.2) is 5.78 Å². The van der Waals surface area contributed by atoms with Gasteiger partial charge in [0, 0.05) is 24.8 Å². The number of benzene rings is 2. The summed E-state index contributed by atoms with van der Waals surface area (Å²) < 4.78 is 73.6. The lowest BCUT2D eigenvalue weighted by molar-refractivity contribution is -0.137. The van der Waals surface area contributed by atoms with Crippen LogP contribution in [0.5, 0.6) is 0 Å². The van der Waals surface area contributed by atoms with Gasteiger partial charge in [-0.25, -0.2) is 13.4 Å². The number of nitrogens with zero attached hydrogens (tertiary/aromatic N) is 3. The van der Waals surface area contributed by atoms with Gasteiger partial charge in [0.1, 0.15) is 16.9 Å². The molecule has 37 heavy (non-hydrogen) atoms. The van der Waals surface area contributed by atoms with Gasteiger partial charge in [-0.1, -0.05) is 36.4 Å². The van der Waals surface area contributed by atoms with Crippen LogP contribution in [-0.2, 0) is 22.7 Å². The maximum absolute atomic E-state index is 13.1. The summed E-state index contributed by atoms with van der Waals surface area (Å²) in [6.45, 7) is 0.703. The van der Waals surface area contributed by atoms with Crippen LogP contribution in [0.3, 0.4) is 0 Å². The number of aromatic nitrogens is 2. The smallest absolute Gasteiger partial charge is 0.416 e. The lowest BCUT2D eigenvalue weighted by Gasteiger charge is -2.13. The zero-order valence-electron chi connectivity index (χ0n) is 19.5. The SMILES string of the molecule is O=C(Cn1cc(S(=O)(=O)N2CCCC2)cc1-c1ncco1)c1ccc(-c2cccc(C(F)(F)F)c2)cc1. The van der Waals surface area contributed by atoms with Gasteiger partial charge in [-0.05, 0) is 42.2 Å². The normalized spacial score (nSPS) is 14.8. The van der Waals surface area contributed by atoms with Gasteiger partial charge in [-0.15, -0.1) is 0 Å². The fraction of sp³-hybridized carbons (Fsp3) is 0.231. The molecule has 7 nitrogen and oxygen atoms in total. The lowest BCUT2D eigenvalue weighted by Crippen LogP contribution is -2.27. The molecule has 2 aromatic carbocycles. The van der Waals surface area contributed by atoms with Crippen LogP contribution >= 0.6 is 0 Å². The Morgan fingerprint density at radius 2 is 1.73 bits per heavy atom. The third-order valence-corrected chi connectivity index (χ3v) is 8.13. The highest BCUT2D eigenvalue weighted by molar-refractivity contribution is 7.89. The Hall–Kier alpha value is -3.70. The van der Waals surface area contributed by atoms with Crippen molar-refractivity contribution in [3.05, 3.63) is 84.4 Å². The molecule has 0 atom stereocenters. The highest BCUT2D eigenvalue weighted by Gasteiger charge is 2.31. The molecule has 0 radical (unpaired) electrons. The van der Waals surface area contributed by atoms with E-state index in [1.165, 1.54) is 51.8 Å². The molecule has 1 fully saturated rings. The number of carbonyl (C=O) groups excluding carboxylic acids is 1. The molecule has 0 spiro atoms. The molecule has 11 heteroatoms. The summed E-state index contributed by atoms with van der Waals surface area (Å²) in [5, 5.41) is 0. The fourth-order valence-electron chi connectivity index (χ4n) is 4.33. The first-order valence-corrected chi connectivity index (χ1v) is 13.0. The Labute approximate surface area is 211 Å². The second kappa shape index (κ2) is 9.64. The van der Waals surface area contributed by atoms with Crippen molar-refractivity contribution in [3.63, 3.8) is 0 Å². The van der Waals surface area contributed by atoms with E-state index in [9.17, 15) is 26.4 Å². The first-order valence-electron chi connectivity index (χ1n) is 11.5. The average molecular weight is 530 g/mol. The Balaban J connectivity index is 1.41. The number of hydrogen-bond donors (Lipinski definition) is 0. The van der Waals surface area contributed by atoms with E-state index in [-0.39, 0.29) is 23.1 Å². The summed E-state index contributed by atoms with van der Waals surface area (Å²) in [4.78, 5) is 17.3. The maximum Gasteiger partial charge on any atom is 0.416 e. The average Bonchev–Trinajstić information content (AvgIpc) is 3.66. The standard InChI is InChI=1S/C26H22F3N3O4S/c27-26(28,29)21-5-3-4-20(14-21)18-6-8-19(9-7-18)24(33)17-31-16-22(15-23(31)25-30-10-13-36-25)37(34,35)32-11-1-2-12-32/h3-10,13-16H,1-2,11-12,17H2. The van der Waals surface area contributed by atoms with Crippen molar-refractivity contribution in [1.29, 1.82) is 0 Å². The molecule has 192 valence electrons. The molecule has 0 amide bonds. The quantitative estimate of drug-likeness (QED) is 0.295. The van der Waals surface area contributed by atoms with Gasteiger partial charge < -0.3 is 8.98 Å². The van der Waals surface area contributed by atoms with Crippen LogP contribution in [0.2, 0.25) is 0 Å². The Morgan fingerprint density at radius 3 is 2.38 bits per heavy atom. The molecule has 5 rings (SSSR count). The predicted octanol–water partition coefficient (Wildman–Crippen LogP) is 5.50. The number of alkyl halides is 3. The maximum atomic E-state index is 13.1. The molecule has 0 unspecified atom stereocenters. The topological polar surface area (TPSA) is 85.4 Å². The van der Waals surface area contributed by atoms with Gasteiger partial charge in [-0.3, -0.25) is 4.79 Å². The minimum absolute atomic E-state index is 0.0512. The zero-order chi connectivity index (χ0) is 26.2. The number of rotatable bonds is 7. The molecule has 0 bridgehead atoms. The van der Waals surface area contributed by atoms with E-state index in [0.29, 0.717) is 35.5 Å². The van der Waals surface area contributed by atoms with Gasteiger partial charge in [0.2, 0.25) is 15.9 Å². The van der Waals surface area contributed by atoms with Crippen LogP contribution in [0.25, 0.3) is 22.7 Å². The molecule has 3 heterocycles. The number of carbonyl (C=O) groups is 1. The molecule has 2 aromatic heterocycles. The van der Waals surface area contributed by atoms with E-state index in [1.54, 1.807) is 18.2 Å². The van der Waals surface area contributed by atoms with E-state index >= 15 is 0 Å². The summed E-state index contributed by atoms with van der Waals surface area (Å²) in [6.07, 6.45) is 1.32. The molecule has 0 saturated carbocycles. The van der Waals surface area contributed by atoms with Crippen molar-refractivity contribution < 1.29 is 30.8 Å². The van der Waals surface area contributed by atoms with Gasteiger partial charge in [-0.2, -0.15) is 17.5 Å². The van der Waals surface area contributed by atoms with Crippen LogP contribution in [0.15, 0.2) is 82.6 Å². The number of halogens is 3. The van der Waals surface area contributed by atoms with Crippen molar-refractivity contribution in [1.82, 2.24) is 13.9 Å². The number of oxazole rings is 1. The summed E-state index contributed by atoms with van der Waals surface area (Å²) in [5.41, 5.74) is 0.824. The molecule has 0 aliphatic carbocycles. The van der Waals surface area contributed by atoms with E-state index < -0.39 is 21.8 Å². The first kappa shape index (κ1) is 25.0. The first-order chi connectivity index (χ1) is 17.6. The molecule has 4 aromatic rings. The van der Waals surface area contributed by atoms with Crippen LogP contribution in [0.1, 0.15) is 28.8 Å². The third-order valence-electron chi connectivity index (χ3n) is 6.27.